The van der Waals surface area contributed by atoms with Crippen LogP contribution in [0.15, 0.2) is 43.0 Å². The molecule has 0 saturated carbocycles. The van der Waals surface area contributed by atoms with E-state index >= 15 is 0 Å². The first-order chi connectivity index (χ1) is 17.3. The first-order valence-corrected chi connectivity index (χ1v) is 13.6. The lowest BCUT2D eigenvalue weighted by Crippen LogP contribution is -2.59. The Balaban J connectivity index is 1.77. The molecule has 3 aliphatic rings. The quantitative estimate of drug-likeness (QED) is 0.230. The van der Waals surface area contributed by atoms with E-state index in [0.717, 1.165) is 24.8 Å². The molecule has 7 atom stereocenters. The van der Waals surface area contributed by atoms with Gasteiger partial charge in [0.2, 0.25) is 11.8 Å². The third-order valence-corrected chi connectivity index (χ3v) is 8.70. The number of carboxylic acids is 1. The van der Waals surface area contributed by atoms with E-state index in [0.29, 0.717) is 25.9 Å². The molecule has 3 heterocycles. The van der Waals surface area contributed by atoms with Crippen molar-refractivity contribution in [3.63, 3.8) is 0 Å². The van der Waals surface area contributed by atoms with Crippen molar-refractivity contribution in [2.24, 2.45) is 11.8 Å². The van der Waals surface area contributed by atoms with Gasteiger partial charge in [0.1, 0.15) is 11.6 Å². The van der Waals surface area contributed by atoms with Gasteiger partial charge >= 0.3 is 5.97 Å². The van der Waals surface area contributed by atoms with Gasteiger partial charge in [-0.15, -0.1) is 6.58 Å². The smallest absolute Gasteiger partial charge is 0.310 e. The molecule has 8 nitrogen and oxygen atoms in total. The Morgan fingerprint density at radius 1 is 1.33 bits per heavy atom. The van der Waals surface area contributed by atoms with Crippen LogP contribution in [0, 0.1) is 11.8 Å². The number of fused-ring (bicyclic) bond motifs is 1. The highest BCUT2D eigenvalue weighted by Crippen LogP contribution is 2.60. The highest BCUT2D eigenvalue weighted by molar-refractivity contribution is 9.09. The van der Waals surface area contributed by atoms with E-state index in [2.05, 4.69) is 29.4 Å². The lowest BCUT2D eigenvalue weighted by Gasteiger charge is -2.39. The summed E-state index contributed by atoms with van der Waals surface area (Å²) in [6.45, 7) is 6.35. The summed E-state index contributed by atoms with van der Waals surface area (Å²) in [6.07, 6.45) is 4.42. The number of unbranched alkanes of at least 4 members (excludes halogenated alkanes) is 2. The highest BCUT2D eigenvalue weighted by Gasteiger charge is 2.77. The van der Waals surface area contributed by atoms with E-state index in [4.69, 9.17) is 4.74 Å². The van der Waals surface area contributed by atoms with Crippen LogP contribution in [0.2, 0.25) is 0 Å². The van der Waals surface area contributed by atoms with Gasteiger partial charge in [-0.3, -0.25) is 14.4 Å². The van der Waals surface area contributed by atoms with Crippen LogP contribution in [-0.2, 0) is 25.5 Å². The standard InChI is InChI=1S/C27H35BrN2O6/c1-3-5-9-13-29(12-4-2)25(33)23-27-15-19(28)22(36-27)20(26(34)35)21(27)24(32)30(23)18(16-31)14-17-10-7-6-8-11-17/h4,6-8,10-11,18-23,31H,2-3,5,9,12-16H2,1H3,(H,34,35)/t18-,19?,20-,21+,22-,23-,27+/m1/s1. The van der Waals surface area contributed by atoms with Gasteiger partial charge in [-0.2, -0.15) is 0 Å². The summed E-state index contributed by atoms with van der Waals surface area (Å²) in [6, 6.07) is 7.75. The summed E-state index contributed by atoms with van der Waals surface area (Å²) in [7, 11) is 0. The average molecular weight is 563 g/mol. The van der Waals surface area contributed by atoms with Gasteiger partial charge < -0.3 is 24.7 Å². The van der Waals surface area contributed by atoms with Crippen molar-refractivity contribution in [3.8, 4) is 0 Å². The minimum atomic E-state index is -1.26. The predicted molar refractivity (Wildman–Crippen MR) is 138 cm³/mol. The molecule has 0 aromatic heterocycles. The highest BCUT2D eigenvalue weighted by atomic mass is 79.9. The molecule has 1 unspecified atom stereocenters. The topological polar surface area (TPSA) is 107 Å². The monoisotopic (exact) mass is 562 g/mol. The van der Waals surface area contributed by atoms with Crippen molar-refractivity contribution in [2.75, 3.05) is 19.7 Å². The third kappa shape index (κ3) is 4.50. The number of carbonyl (C=O) groups is 3. The summed E-state index contributed by atoms with van der Waals surface area (Å²) in [5, 5.41) is 20.5. The summed E-state index contributed by atoms with van der Waals surface area (Å²) in [5.74, 6) is -3.84. The number of aliphatic carboxylic acids is 1. The zero-order valence-corrected chi connectivity index (χ0v) is 22.2. The van der Waals surface area contributed by atoms with Crippen LogP contribution in [0.1, 0.15) is 38.2 Å². The number of hydrogen-bond donors (Lipinski definition) is 2. The molecule has 1 aromatic carbocycles. The zero-order chi connectivity index (χ0) is 26.0. The van der Waals surface area contributed by atoms with Gasteiger partial charge in [0.15, 0.2) is 0 Å². The first kappa shape index (κ1) is 26.8. The minimum Gasteiger partial charge on any atom is -0.481 e. The van der Waals surface area contributed by atoms with Crippen LogP contribution < -0.4 is 0 Å². The van der Waals surface area contributed by atoms with Crippen molar-refractivity contribution in [1.82, 2.24) is 9.80 Å². The van der Waals surface area contributed by atoms with E-state index in [-0.39, 0.29) is 17.3 Å². The van der Waals surface area contributed by atoms with Gasteiger partial charge in [-0.1, -0.05) is 72.1 Å². The van der Waals surface area contributed by atoms with E-state index in [1.54, 1.807) is 11.0 Å². The average Bonchev–Trinajstić information content (AvgIpc) is 3.46. The summed E-state index contributed by atoms with van der Waals surface area (Å²) >= 11 is 3.57. The minimum absolute atomic E-state index is 0.278. The fourth-order valence-electron chi connectivity index (χ4n) is 6.33. The number of amides is 2. The maximum absolute atomic E-state index is 14.2. The molecular formula is C27H35BrN2O6. The zero-order valence-electron chi connectivity index (χ0n) is 20.6. The number of ether oxygens (including phenoxy) is 1. The summed E-state index contributed by atoms with van der Waals surface area (Å²) in [5.41, 5.74) is -0.348. The van der Waals surface area contributed by atoms with Crippen LogP contribution >= 0.6 is 15.9 Å². The van der Waals surface area contributed by atoms with Crippen molar-refractivity contribution >= 4 is 33.7 Å². The number of benzene rings is 1. The normalized spacial score (nSPS) is 31.4. The SMILES string of the molecule is C=CCN(CCCCC)C(=O)[C@H]1N([C@@H](CO)Cc2ccccc2)C(=O)[C@@H]2[C@@H](C(=O)O)[C@@H]3O[C@@]21CC3Br. The number of nitrogens with zero attached hydrogens (tertiary/aromatic N) is 2. The number of aliphatic hydroxyl groups excluding tert-OH is 1. The lowest BCUT2D eigenvalue weighted by molar-refractivity contribution is -0.153. The van der Waals surface area contributed by atoms with E-state index in [1.807, 2.05) is 30.3 Å². The van der Waals surface area contributed by atoms with Crippen molar-refractivity contribution in [3.05, 3.63) is 48.6 Å². The fourth-order valence-corrected chi connectivity index (χ4v) is 7.27. The van der Waals surface area contributed by atoms with Gasteiger partial charge in [-0.05, 0) is 24.8 Å². The fraction of sp³-hybridized carbons (Fsp3) is 0.593. The second-order valence-electron chi connectivity index (χ2n) is 10.1. The number of hydrogen-bond acceptors (Lipinski definition) is 5. The molecule has 2 N–H and O–H groups in total. The Morgan fingerprint density at radius 2 is 2.06 bits per heavy atom. The number of aliphatic hydroxyl groups is 1. The van der Waals surface area contributed by atoms with E-state index in [1.165, 1.54) is 4.90 Å². The number of likely N-dealkylation sites (tertiary alicyclic amines) is 1. The molecule has 3 saturated heterocycles. The van der Waals surface area contributed by atoms with Crippen LogP contribution in [-0.4, -0.2) is 86.1 Å². The van der Waals surface area contributed by atoms with Gasteiger partial charge in [0.05, 0.1) is 30.6 Å². The number of carboxylic acid groups (broad SMARTS) is 1. The molecule has 196 valence electrons. The molecule has 1 aromatic rings. The van der Waals surface area contributed by atoms with Crippen LogP contribution in [0.3, 0.4) is 0 Å². The van der Waals surface area contributed by atoms with Gasteiger partial charge in [0, 0.05) is 17.9 Å². The predicted octanol–water partition coefficient (Wildman–Crippen LogP) is 2.63. The van der Waals surface area contributed by atoms with Crippen molar-refractivity contribution in [1.29, 1.82) is 0 Å². The third-order valence-electron chi connectivity index (χ3n) is 7.86. The summed E-state index contributed by atoms with van der Waals surface area (Å²) in [4.78, 5) is 43.4. The molecule has 4 rings (SSSR count). The maximum atomic E-state index is 14.2. The number of alkyl halides is 1. The number of carbonyl (C=O) groups excluding carboxylic acids is 2. The Bertz CT molecular complexity index is 990. The molecule has 3 aliphatic heterocycles. The van der Waals surface area contributed by atoms with E-state index < -0.39 is 47.5 Å². The van der Waals surface area contributed by atoms with Crippen LogP contribution in [0.25, 0.3) is 0 Å². The van der Waals surface area contributed by atoms with Gasteiger partial charge in [-0.25, -0.2) is 0 Å². The van der Waals surface area contributed by atoms with Crippen LogP contribution in [0.5, 0.6) is 0 Å². The molecule has 0 radical (unpaired) electrons. The molecule has 9 heteroatoms. The second kappa shape index (κ2) is 11.0. The molecule has 36 heavy (non-hydrogen) atoms. The Labute approximate surface area is 220 Å². The Morgan fingerprint density at radius 3 is 2.67 bits per heavy atom. The molecule has 2 amide bonds. The lowest BCUT2D eigenvalue weighted by atomic mass is 9.70. The second-order valence-corrected chi connectivity index (χ2v) is 11.2. The number of halogens is 1. The number of rotatable bonds is 12. The Hall–Kier alpha value is -2.23. The van der Waals surface area contributed by atoms with Crippen LogP contribution in [0.4, 0.5) is 0 Å². The van der Waals surface area contributed by atoms with Crippen molar-refractivity contribution in [2.45, 2.75) is 67.6 Å². The molecule has 2 bridgehead atoms. The largest absolute Gasteiger partial charge is 0.481 e. The van der Waals surface area contributed by atoms with Gasteiger partial charge in [0.25, 0.3) is 0 Å². The Kier molecular flexibility index (Phi) is 8.22. The molecule has 0 aliphatic carbocycles. The molecular weight excluding hydrogens is 528 g/mol. The first-order valence-electron chi connectivity index (χ1n) is 12.7. The van der Waals surface area contributed by atoms with E-state index in [9.17, 15) is 24.6 Å². The maximum Gasteiger partial charge on any atom is 0.310 e. The molecule has 3 fully saturated rings. The summed E-state index contributed by atoms with van der Waals surface area (Å²) < 4.78 is 6.36. The molecule has 1 spiro atoms. The van der Waals surface area contributed by atoms with Crippen molar-refractivity contribution < 1.29 is 29.3 Å².